The minimum absolute atomic E-state index is 0.157. The number of amides is 2. The van der Waals surface area contributed by atoms with Crippen LogP contribution in [0.2, 0.25) is 0 Å². The Morgan fingerprint density at radius 1 is 1.32 bits per heavy atom. The molecule has 0 saturated heterocycles. The van der Waals surface area contributed by atoms with E-state index in [0.29, 0.717) is 24.4 Å². The van der Waals surface area contributed by atoms with Crippen molar-refractivity contribution in [2.75, 3.05) is 6.54 Å². The highest BCUT2D eigenvalue weighted by Crippen LogP contribution is 2.15. The number of aryl methyl sites for hydroxylation is 2. The van der Waals surface area contributed by atoms with Crippen molar-refractivity contribution in [2.45, 2.75) is 52.1 Å². The van der Waals surface area contributed by atoms with E-state index in [1.165, 1.54) is 6.33 Å². The molecule has 0 fully saturated rings. The van der Waals surface area contributed by atoms with E-state index < -0.39 is 0 Å². The van der Waals surface area contributed by atoms with Crippen LogP contribution >= 0.6 is 0 Å². The van der Waals surface area contributed by atoms with Crippen molar-refractivity contribution in [1.82, 2.24) is 30.2 Å². The number of carbonyl (C=O) groups excluding carboxylic acids is 2. The Balaban J connectivity index is 1.53. The van der Waals surface area contributed by atoms with Gasteiger partial charge < -0.3 is 20.2 Å². The van der Waals surface area contributed by atoms with Gasteiger partial charge in [-0.1, -0.05) is 6.92 Å². The number of hydrogen-bond acceptors (Lipinski definition) is 4. The zero-order valence-electron chi connectivity index (χ0n) is 14.6. The lowest BCUT2D eigenvalue weighted by atomic mass is 10.1. The summed E-state index contributed by atoms with van der Waals surface area (Å²) in [5, 5.41) is 5.73. The Hall–Kier alpha value is -2.64. The maximum Gasteiger partial charge on any atom is 0.272 e. The molecular weight excluding hydrogens is 320 g/mol. The van der Waals surface area contributed by atoms with Gasteiger partial charge in [-0.25, -0.2) is 9.97 Å². The third kappa shape index (κ3) is 3.72. The normalized spacial score (nSPS) is 14.6. The van der Waals surface area contributed by atoms with Crippen molar-refractivity contribution >= 4 is 11.8 Å². The Morgan fingerprint density at radius 2 is 2.16 bits per heavy atom. The molecule has 3 rings (SSSR count). The van der Waals surface area contributed by atoms with Crippen LogP contribution in [0.3, 0.4) is 0 Å². The molecule has 3 heterocycles. The monoisotopic (exact) mass is 344 g/mol. The van der Waals surface area contributed by atoms with Crippen molar-refractivity contribution in [3.63, 3.8) is 0 Å². The molecule has 0 spiro atoms. The molecule has 0 aliphatic carbocycles. The molecule has 25 heavy (non-hydrogen) atoms. The van der Waals surface area contributed by atoms with Gasteiger partial charge in [0.1, 0.15) is 17.2 Å². The van der Waals surface area contributed by atoms with Crippen molar-refractivity contribution in [3.8, 4) is 0 Å². The van der Waals surface area contributed by atoms with Gasteiger partial charge in [0.15, 0.2) is 0 Å². The number of nitrogens with zero attached hydrogens (tertiary/aromatic N) is 3. The highest BCUT2D eigenvalue weighted by molar-refractivity contribution is 5.94. The third-order valence-corrected chi connectivity index (χ3v) is 4.44. The predicted octanol–water partition coefficient (Wildman–Crippen LogP) is 1.05. The van der Waals surface area contributed by atoms with Gasteiger partial charge in [0.05, 0.1) is 12.5 Å². The lowest BCUT2D eigenvalue weighted by Crippen LogP contribution is -2.42. The van der Waals surface area contributed by atoms with Crippen molar-refractivity contribution < 1.29 is 9.59 Å². The third-order valence-electron chi connectivity index (χ3n) is 4.44. The molecule has 2 amide bonds. The molecule has 1 atom stereocenters. The summed E-state index contributed by atoms with van der Waals surface area (Å²) in [6.45, 7) is 4.99. The van der Waals surface area contributed by atoms with Gasteiger partial charge in [0.25, 0.3) is 11.8 Å². The number of hydrogen-bond donors (Lipinski definition) is 3. The maximum absolute atomic E-state index is 12.4. The lowest BCUT2D eigenvalue weighted by molar-refractivity contribution is 0.0904. The summed E-state index contributed by atoms with van der Waals surface area (Å²) in [5.74, 6) is 0.584. The fraction of sp³-hybridized carbons (Fsp3) is 0.529. The summed E-state index contributed by atoms with van der Waals surface area (Å²) < 4.78 is 1.99. The van der Waals surface area contributed by atoms with E-state index in [1.807, 2.05) is 18.4 Å². The van der Waals surface area contributed by atoms with Gasteiger partial charge in [0, 0.05) is 31.2 Å². The van der Waals surface area contributed by atoms with Crippen LogP contribution in [-0.4, -0.2) is 43.9 Å². The Labute approximate surface area is 146 Å². The summed E-state index contributed by atoms with van der Waals surface area (Å²) in [7, 11) is 0. The van der Waals surface area contributed by atoms with Crippen LogP contribution in [0.4, 0.5) is 0 Å². The van der Waals surface area contributed by atoms with Crippen LogP contribution in [0.15, 0.2) is 12.5 Å². The first-order valence-electron chi connectivity index (χ1n) is 8.75. The maximum atomic E-state index is 12.4. The van der Waals surface area contributed by atoms with E-state index in [9.17, 15) is 9.59 Å². The van der Waals surface area contributed by atoms with Crippen LogP contribution < -0.4 is 10.6 Å². The second-order valence-corrected chi connectivity index (χ2v) is 6.34. The van der Waals surface area contributed by atoms with Gasteiger partial charge in [-0.15, -0.1) is 0 Å². The van der Waals surface area contributed by atoms with E-state index >= 15 is 0 Å². The molecule has 2 aromatic rings. The molecule has 0 saturated carbocycles. The topological polar surface area (TPSA) is 105 Å². The molecule has 0 bridgehead atoms. The number of aromatic amines is 1. The number of nitrogens with one attached hydrogen (secondary N) is 3. The van der Waals surface area contributed by atoms with E-state index in [4.69, 9.17) is 0 Å². The van der Waals surface area contributed by atoms with Crippen LogP contribution in [0.1, 0.15) is 59.2 Å². The summed E-state index contributed by atoms with van der Waals surface area (Å²) >= 11 is 0. The summed E-state index contributed by atoms with van der Waals surface area (Å²) in [6.07, 6.45) is 6.97. The summed E-state index contributed by atoms with van der Waals surface area (Å²) in [4.78, 5) is 36.0. The molecule has 0 unspecified atom stereocenters. The number of fused-ring (bicyclic) bond motifs is 1. The molecule has 1 aliphatic heterocycles. The number of carbonyl (C=O) groups is 2. The van der Waals surface area contributed by atoms with Crippen molar-refractivity contribution in [3.05, 3.63) is 35.4 Å². The second kappa shape index (κ2) is 7.50. The molecule has 8 heteroatoms. The van der Waals surface area contributed by atoms with Crippen LogP contribution in [-0.2, 0) is 19.4 Å². The summed E-state index contributed by atoms with van der Waals surface area (Å²) in [5.41, 5.74) is 1.80. The first kappa shape index (κ1) is 17.2. The zero-order valence-corrected chi connectivity index (χ0v) is 14.6. The summed E-state index contributed by atoms with van der Waals surface area (Å²) in [6, 6.07) is -0.207. The van der Waals surface area contributed by atoms with E-state index in [1.54, 1.807) is 6.20 Å². The largest absolute Gasteiger partial charge is 0.349 e. The van der Waals surface area contributed by atoms with E-state index in [0.717, 1.165) is 37.3 Å². The molecule has 0 radical (unpaired) electrons. The average Bonchev–Trinajstić information content (AvgIpc) is 3.26. The van der Waals surface area contributed by atoms with Gasteiger partial charge >= 0.3 is 0 Å². The second-order valence-electron chi connectivity index (χ2n) is 6.34. The number of imidazole rings is 2. The van der Waals surface area contributed by atoms with Crippen molar-refractivity contribution in [1.29, 1.82) is 0 Å². The quantitative estimate of drug-likeness (QED) is 0.728. The first-order chi connectivity index (χ1) is 12.1. The molecular formula is C17H24N6O2. The van der Waals surface area contributed by atoms with Gasteiger partial charge in [0.2, 0.25) is 0 Å². The van der Waals surface area contributed by atoms with Crippen LogP contribution in [0.25, 0.3) is 0 Å². The molecule has 0 aromatic carbocycles. The number of H-pyrrole nitrogens is 1. The van der Waals surface area contributed by atoms with Gasteiger partial charge in [-0.2, -0.15) is 0 Å². The Morgan fingerprint density at radius 3 is 2.96 bits per heavy atom. The standard InChI is InChI=1S/C17H24N6O2/c1-3-12-15(21-10-20-12)17(25)22-11(2)8-19-16(24)13-9-18-14-6-4-5-7-23(13)14/h9-11H,3-8H2,1-2H3,(H,19,24)(H,20,21)(H,22,25)/t11-/m1/s1. The molecule has 8 nitrogen and oxygen atoms in total. The minimum atomic E-state index is -0.235. The van der Waals surface area contributed by atoms with E-state index in [2.05, 4.69) is 25.6 Å². The van der Waals surface area contributed by atoms with Gasteiger partial charge in [-0.05, 0) is 26.2 Å². The zero-order chi connectivity index (χ0) is 17.8. The molecule has 2 aromatic heterocycles. The number of rotatable bonds is 6. The molecule has 1 aliphatic rings. The van der Waals surface area contributed by atoms with Crippen molar-refractivity contribution in [2.24, 2.45) is 0 Å². The Kier molecular flexibility index (Phi) is 5.16. The first-order valence-corrected chi connectivity index (χ1v) is 8.75. The SMILES string of the molecule is CCc1[nH]cnc1C(=O)N[C@H](C)CNC(=O)c1cnc2n1CCCC2. The molecule has 134 valence electrons. The van der Waals surface area contributed by atoms with E-state index in [-0.39, 0.29) is 17.9 Å². The fourth-order valence-electron chi connectivity index (χ4n) is 3.06. The Bertz CT molecular complexity index is 763. The highest BCUT2D eigenvalue weighted by Gasteiger charge is 2.20. The smallest absolute Gasteiger partial charge is 0.272 e. The van der Waals surface area contributed by atoms with Crippen LogP contribution in [0, 0.1) is 0 Å². The van der Waals surface area contributed by atoms with Crippen LogP contribution in [0.5, 0.6) is 0 Å². The minimum Gasteiger partial charge on any atom is -0.349 e. The molecule has 3 N–H and O–H groups in total. The van der Waals surface area contributed by atoms with Gasteiger partial charge in [-0.3, -0.25) is 9.59 Å². The number of aromatic nitrogens is 4. The predicted molar refractivity (Wildman–Crippen MR) is 92.4 cm³/mol. The average molecular weight is 344 g/mol. The fourth-order valence-corrected chi connectivity index (χ4v) is 3.06. The highest BCUT2D eigenvalue weighted by atomic mass is 16.2. The lowest BCUT2D eigenvalue weighted by Gasteiger charge is -2.17.